The molecule has 8 heteroatoms. The minimum atomic E-state index is -0.323. The lowest BCUT2D eigenvalue weighted by Gasteiger charge is -2.13. The van der Waals surface area contributed by atoms with Gasteiger partial charge in [-0.15, -0.1) is 10.2 Å². The van der Waals surface area contributed by atoms with Crippen LogP contribution in [-0.2, 0) is 13.1 Å². The molecule has 2 aromatic heterocycles. The highest BCUT2D eigenvalue weighted by molar-refractivity contribution is 6.31. The van der Waals surface area contributed by atoms with Crippen molar-refractivity contribution in [2.24, 2.45) is 0 Å². The SMILES string of the molecule is Cc1onc(-c2ccccc2)c1-c1nnc(C[NH+](C)Cc2c(F)cccc2Cl)o1. The average molecular weight is 414 g/mol. The molecule has 0 saturated heterocycles. The molecule has 0 fully saturated rings. The van der Waals surface area contributed by atoms with Crippen LogP contribution in [0, 0.1) is 12.7 Å². The van der Waals surface area contributed by atoms with E-state index in [1.165, 1.54) is 6.07 Å². The molecule has 0 saturated carbocycles. The maximum atomic E-state index is 14.0. The second-order valence-electron chi connectivity index (χ2n) is 6.84. The quantitative estimate of drug-likeness (QED) is 0.522. The van der Waals surface area contributed by atoms with Gasteiger partial charge in [0.2, 0.25) is 0 Å². The lowest BCUT2D eigenvalue weighted by molar-refractivity contribution is -0.909. The molecule has 4 rings (SSSR count). The first-order valence-electron chi connectivity index (χ1n) is 9.11. The van der Waals surface area contributed by atoms with E-state index >= 15 is 0 Å². The second kappa shape index (κ2) is 8.14. The van der Waals surface area contributed by atoms with Crippen molar-refractivity contribution in [2.75, 3.05) is 7.05 Å². The molecule has 1 atom stereocenters. The summed E-state index contributed by atoms with van der Waals surface area (Å²) in [5, 5.41) is 12.9. The van der Waals surface area contributed by atoms with Crippen LogP contribution < -0.4 is 4.90 Å². The highest BCUT2D eigenvalue weighted by atomic mass is 35.5. The highest BCUT2D eigenvalue weighted by Gasteiger charge is 2.23. The lowest BCUT2D eigenvalue weighted by atomic mass is 10.1. The first-order chi connectivity index (χ1) is 14.0. The predicted octanol–water partition coefficient (Wildman–Crippen LogP) is 3.71. The van der Waals surface area contributed by atoms with Gasteiger partial charge in [0.05, 0.1) is 17.6 Å². The largest absolute Gasteiger partial charge is 0.415 e. The molecule has 0 radical (unpaired) electrons. The van der Waals surface area contributed by atoms with Gasteiger partial charge < -0.3 is 13.8 Å². The van der Waals surface area contributed by atoms with E-state index in [1.807, 2.05) is 37.4 Å². The number of quaternary nitrogens is 1. The van der Waals surface area contributed by atoms with Crippen molar-refractivity contribution in [1.82, 2.24) is 15.4 Å². The first-order valence-corrected chi connectivity index (χ1v) is 9.49. The molecule has 2 aromatic carbocycles. The minimum Gasteiger partial charge on any atom is -0.415 e. The fourth-order valence-corrected chi connectivity index (χ4v) is 3.40. The molecule has 2 heterocycles. The fraction of sp³-hybridized carbons (Fsp3) is 0.190. The number of benzene rings is 2. The fourth-order valence-electron chi connectivity index (χ4n) is 3.17. The summed E-state index contributed by atoms with van der Waals surface area (Å²) in [7, 11) is 1.91. The normalized spacial score (nSPS) is 12.3. The van der Waals surface area contributed by atoms with E-state index < -0.39 is 0 Å². The number of hydrogen-bond acceptors (Lipinski definition) is 5. The summed E-state index contributed by atoms with van der Waals surface area (Å²) in [5.74, 6) is 1.05. The standard InChI is InChI=1S/C21H18ClFN4O2/c1-13-19(20(26-29-13)14-7-4-3-5-8-14)21-25-24-18(28-21)12-27(2)11-15-16(22)9-6-10-17(15)23/h3-10H,11-12H2,1-2H3/p+1. The molecule has 0 aliphatic carbocycles. The van der Waals surface area contributed by atoms with E-state index in [0.717, 1.165) is 10.5 Å². The number of rotatable bonds is 6. The van der Waals surface area contributed by atoms with Gasteiger partial charge in [0.1, 0.15) is 29.4 Å². The van der Waals surface area contributed by atoms with E-state index in [0.29, 0.717) is 52.5 Å². The monoisotopic (exact) mass is 413 g/mol. The molecule has 6 nitrogen and oxygen atoms in total. The van der Waals surface area contributed by atoms with E-state index in [2.05, 4.69) is 15.4 Å². The molecule has 29 heavy (non-hydrogen) atoms. The van der Waals surface area contributed by atoms with Gasteiger partial charge in [-0.3, -0.25) is 0 Å². The van der Waals surface area contributed by atoms with E-state index in [9.17, 15) is 4.39 Å². The third-order valence-electron chi connectivity index (χ3n) is 4.58. The van der Waals surface area contributed by atoms with Crippen LogP contribution in [0.15, 0.2) is 57.5 Å². The van der Waals surface area contributed by atoms with Gasteiger partial charge in [-0.05, 0) is 19.1 Å². The summed E-state index contributed by atoms with van der Waals surface area (Å²) in [6, 6.07) is 14.3. The van der Waals surface area contributed by atoms with Crippen LogP contribution in [0.5, 0.6) is 0 Å². The number of aryl methyl sites for hydroxylation is 1. The average Bonchev–Trinajstić information content (AvgIpc) is 3.31. The highest BCUT2D eigenvalue weighted by Crippen LogP contribution is 2.33. The summed E-state index contributed by atoms with van der Waals surface area (Å²) in [5.41, 5.74) is 2.69. The van der Waals surface area contributed by atoms with Crippen LogP contribution in [0.2, 0.25) is 5.02 Å². The molecule has 0 bridgehead atoms. The van der Waals surface area contributed by atoms with Gasteiger partial charge in [0.25, 0.3) is 11.8 Å². The van der Waals surface area contributed by atoms with Crippen LogP contribution in [0.25, 0.3) is 22.7 Å². The molecular weight excluding hydrogens is 395 g/mol. The summed E-state index contributed by atoms with van der Waals surface area (Å²) in [6.45, 7) is 2.61. The first kappa shape index (κ1) is 19.3. The zero-order valence-corrected chi connectivity index (χ0v) is 16.7. The maximum absolute atomic E-state index is 14.0. The van der Waals surface area contributed by atoms with Crippen molar-refractivity contribution in [1.29, 1.82) is 0 Å². The summed E-state index contributed by atoms with van der Waals surface area (Å²) in [6.07, 6.45) is 0. The Morgan fingerprint density at radius 3 is 2.59 bits per heavy atom. The molecule has 1 N–H and O–H groups in total. The van der Waals surface area contributed by atoms with Crippen LogP contribution in [0.1, 0.15) is 17.2 Å². The molecule has 4 aromatic rings. The zero-order valence-electron chi connectivity index (χ0n) is 15.9. The van der Waals surface area contributed by atoms with E-state index in [-0.39, 0.29) is 5.82 Å². The van der Waals surface area contributed by atoms with Crippen LogP contribution in [0.3, 0.4) is 0 Å². The summed E-state index contributed by atoms with van der Waals surface area (Å²) >= 11 is 6.12. The molecule has 0 aliphatic rings. The third kappa shape index (κ3) is 4.06. The zero-order chi connectivity index (χ0) is 20.4. The number of nitrogens with zero attached hydrogens (tertiary/aromatic N) is 3. The second-order valence-corrected chi connectivity index (χ2v) is 7.25. The number of hydrogen-bond donors (Lipinski definition) is 1. The molecule has 148 valence electrons. The van der Waals surface area contributed by atoms with Gasteiger partial charge in [-0.25, -0.2) is 4.39 Å². The Morgan fingerprint density at radius 1 is 1.03 bits per heavy atom. The van der Waals surface area contributed by atoms with Crippen LogP contribution >= 0.6 is 11.6 Å². The van der Waals surface area contributed by atoms with Crippen molar-refractivity contribution >= 4 is 11.6 Å². The van der Waals surface area contributed by atoms with Gasteiger partial charge in [0, 0.05) is 5.56 Å². The van der Waals surface area contributed by atoms with Gasteiger partial charge >= 0.3 is 0 Å². The van der Waals surface area contributed by atoms with Gasteiger partial charge in [-0.2, -0.15) is 0 Å². The predicted molar refractivity (Wildman–Crippen MR) is 106 cm³/mol. The van der Waals surface area contributed by atoms with Crippen molar-refractivity contribution in [3.8, 4) is 22.7 Å². The van der Waals surface area contributed by atoms with Crippen molar-refractivity contribution in [3.05, 3.63) is 76.6 Å². The topological polar surface area (TPSA) is 69.4 Å². The third-order valence-corrected chi connectivity index (χ3v) is 4.94. The van der Waals surface area contributed by atoms with Crippen LogP contribution in [0.4, 0.5) is 4.39 Å². The Kier molecular flexibility index (Phi) is 5.42. The number of aromatic nitrogens is 3. The Bertz CT molecular complexity index is 1110. The molecule has 0 spiro atoms. The minimum absolute atomic E-state index is 0.323. The number of nitrogens with one attached hydrogen (secondary N) is 1. The molecule has 1 unspecified atom stereocenters. The van der Waals surface area contributed by atoms with Crippen molar-refractivity contribution in [2.45, 2.75) is 20.0 Å². The number of halogens is 2. The van der Waals surface area contributed by atoms with Gasteiger partial charge in [-0.1, -0.05) is 53.2 Å². The summed E-state index contributed by atoms with van der Waals surface area (Å²) in [4.78, 5) is 0.956. The smallest absolute Gasteiger partial charge is 0.271 e. The van der Waals surface area contributed by atoms with Gasteiger partial charge in [0.15, 0.2) is 6.54 Å². The summed E-state index contributed by atoms with van der Waals surface area (Å²) < 4.78 is 25.3. The maximum Gasteiger partial charge on any atom is 0.271 e. The van der Waals surface area contributed by atoms with Crippen LogP contribution in [-0.4, -0.2) is 22.4 Å². The molecule has 0 aliphatic heterocycles. The Morgan fingerprint density at radius 2 is 1.83 bits per heavy atom. The van der Waals surface area contributed by atoms with E-state index in [1.54, 1.807) is 19.1 Å². The Labute approximate surface area is 171 Å². The van der Waals surface area contributed by atoms with E-state index in [4.69, 9.17) is 20.5 Å². The lowest BCUT2D eigenvalue weighted by Crippen LogP contribution is -3.06. The van der Waals surface area contributed by atoms with Crippen molar-refractivity contribution < 1.29 is 18.2 Å². The Hall–Kier alpha value is -3.03. The molecular formula is C21H19ClFN4O2+. The molecule has 0 amide bonds. The Balaban J connectivity index is 1.55. The van der Waals surface area contributed by atoms with Crippen molar-refractivity contribution in [3.63, 3.8) is 0 Å².